The van der Waals surface area contributed by atoms with E-state index in [4.69, 9.17) is 9.15 Å². The molecule has 29 heavy (non-hydrogen) atoms. The summed E-state index contributed by atoms with van der Waals surface area (Å²) in [5.74, 6) is 1.51. The Bertz CT molecular complexity index is 1140. The van der Waals surface area contributed by atoms with E-state index in [9.17, 15) is 4.79 Å². The number of ether oxygens (including phenoxy) is 1. The van der Waals surface area contributed by atoms with Crippen molar-refractivity contribution < 1.29 is 13.9 Å². The Morgan fingerprint density at radius 3 is 2.83 bits per heavy atom. The molecule has 1 amide bonds. The lowest BCUT2D eigenvalue weighted by atomic mass is 10.1. The number of nitrogens with one attached hydrogen (secondary N) is 2. The van der Waals surface area contributed by atoms with Gasteiger partial charge in [-0.05, 0) is 55.7 Å². The Morgan fingerprint density at radius 1 is 1.10 bits per heavy atom. The normalized spacial score (nSPS) is 11.0. The van der Waals surface area contributed by atoms with Crippen LogP contribution in [-0.4, -0.2) is 17.4 Å². The Balaban J connectivity index is 1.30. The van der Waals surface area contributed by atoms with Crippen molar-refractivity contribution in [3.8, 4) is 5.75 Å². The molecule has 0 aliphatic rings. The summed E-state index contributed by atoms with van der Waals surface area (Å²) in [7, 11) is 0. The predicted molar refractivity (Wildman–Crippen MR) is 113 cm³/mol. The molecule has 5 heteroatoms. The van der Waals surface area contributed by atoms with Gasteiger partial charge in [0.15, 0.2) is 5.76 Å². The van der Waals surface area contributed by atoms with Crippen molar-refractivity contribution >= 4 is 16.8 Å². The maximum atomic E-state index is 12.4. The quantitative estimate of drug-likeness (QED) is 0.472. The van der Waals surface area contributed by atoms with Crippen molar-refractivity contribution in [3.05, 3.63) is 89.0 Å². The second-order valence-corrected chi connectivity index (χ2v) is 7.19. The van der Waals surface area contributed by atoms with Gasteiger partial charge in [0.2, 0.25) is 0 Å². The smallest absolute Gasteiger partial charge is 0.287 e. The van der Waals surface area contributed by atoms with Crippen LogP contribution in [0.4, 0.5) is 0 Å². The number of para-hydroxylation sites is 1. The summed E-state index contributed by atoms with van der Waals surface area (Å²) >= 11 is 0. The second-order valence-electron chi connectivity index (χ2n) is 7.19. The first-order chi connectivity index (χ1) is 14.1. The van der Waals surface area contributed by atoms with Gasteiger partial charge >= 0.3 is 0 Å². The van der Waals surface area contributed by atoms with E-state index in [1.54, 1.807) is 12.1 Å². The molecule has 2 N–H and O–H groups in total. The summed E-state index contributed by atoms with van der Waals surface area (Å²) in [5.41, 5.74) is 4.56. The Hall–Kier alpha value is -3.47. The van der Waals surface area contributed by atoms with Gasteiger partial charge in [-0.25, -0.2) is 0 Å². The number of amides is 1. The highest BCUT2D eigenvalue weighted by molar-refractivity contribution is 5.91. The van der Waals surface area contributed by atoms with Crippen LogP contribution in [0, 0.1) is 13.8 Å². The van der Waals surface area contributed by atoms with Gasteiger partial charge in [0, 0.05) is 23.6 Å². The summed E-state index contributed by atoms with van der Waals surface area (Å²) in [6.45, 7) is 4.88. The number of fused-ring (bicyclic) bond motifs is 1. The number of aromatic nitrogens is 1. The molecule has 4 aromatic rings. The van der Waals surface area contributed by atoms with Crippen LogP contribution in [-0.2, 0) is 13.0 Å². The number of rotatable bonds is 7. The van der Waals surface area contributed by atoms with E-state index in [1.165, 1.54) is 16.5 Å². The third-order valence-electron chi connectivity index (χ3n) is 4.94. The van der Waals surface area contributed by atoms with Crippen LogP contribution in [0.1, 0.15) is 33.0 Å². The topological polar surface area (TPSA) is 67.3 Å². The molecular weight excluding hydrogens is 364 g/mol. The van der Waals surface area contributed by atoms with Gasteiger partial charge in [0.25, 0.3) is 5.91 Å². The van der Waals surface area contributed by atoms with Crippen LogP contribution in [0.15, 0.2) is 65.2 Å². The first-order valence-electron chi connectivity index (χ1n) is 9.72. The molecule has 0 unspecified atom stereocenters. The number of carbonyl (C=O) groups is 1. The first kappa shape index (κ1) is 18.9. The molecule has 0 spiro atoms. The van der Waals surface area contributed by atoms with Gasteiger partial charge in [-0.15, -0.1) is 0 Å². The number of H-pyrrole nitrogens is 1. The fourth-order valence-electron chi connectivity index (χ4n) is 3.42. The number of hydrogen-bond acceptors (Lipinski definition) is 3. The number of benzene rings is 2. The Kier molecular flexibility index (Phi) is 5.38. The van der Waals surface area contributed by atoms with Crippen LogP contribution < -0.4 is 10.1 Å². The summed E-state index contributed by atoms with van der Waals surface area (Å²) in [4.78, 5) is 15.6. The molecule has 0 atom stereocenters. The fraction of sp³-hybridized carbons (Fsp3) is 0.208. The summed E-state index contributed by atoms with van der Waals surface area (Å²) in [5, 5.41) is 4.10. The third kappa shape index (κ3) is 4.35. The Labute approximate surface area is 169 Å². The lowest BCUT2D eigenvalue weighted by Crippen LogP contribution is -2.25. The van der Waals surface area contributed by atoms with E-state index in [2.05, 4.69) is 22.4 Å². The van der Waals surface area contributed by atoms with Gasteiger partial charge in [-0.3, -0.25) is 4.79 Å². The maximum Gasteiger partial charge on any atom is 0.287 e. The zero-order valence-electron chi connectivity index (χ0n) is 16.6. The molecule has 0 bridgehead atoms. The van der Waals surface area contributed by atoms with Gasteiger partial charge in [-0.1, -0.05) is 35.9 Å². The summed E-state index contributed by atoms with van der Waals surface area (Å²) in [6.07, 6.45) is 2.74. The van der Waals surface area contributed by atoms with E-state index in [0.717, 1.165) is 23.3 Å². The predicted octanol–water partition coefficient (Wildman–Crippen LogP) is 4.93. The Morgan fingerprint density at radius 2 is 1.97 bits per heavy atom. The fourth-order valence-corrected chi connectivity index (χ4v) is 3.42. The molecule has 0 aliphatic heterocycles. The van der Waals surface area contributed by atoms with E-state index in [1.807, 2.05) is 50.4 Å². The van der Waals surface area contributed by atoms with Gasteiger partial charge < -0.3 is 19.5 Å². The molecule has 0 fully saturated rings. The molecule has 148 valence electrons. The number of aromatic amines is 1. The van der Waals surface area contributed by atoms with Crippen LogP contribution in [0.5, 0.6) is 5.75 Å². The third-order valence-corrected chi connectivity index (χ3v) is 4.94. The zero-order valence-corrected chi connectivity index (χ0v) is 16.6. The molecule has 5 nitrogen and oxygen atoms in total. The molecule has 0 radical (unpaired) electrons. The number of carbonyl (C=O) groups excluding carboxylic acids is 1. The highest BCUT2D eigenvalue weighted by Gasteiger charge is 2.12. The maximum absolute atomic E-state index is 12.4. The van der Waals surface area contributed by atoms with E-state index >= 15 is 0 Å². The molecule has 0 saturated heterocycles. The average Bonchev–Trinajstić information content (AvgIpc) is 3.35. The molecule has 4 rings (SSSR count). The first-order valence-corrected chi connectivity index (χ1v) is 9.72. The van der Waals surface area contributed by atoms with Crippen molar-refractivity contribution in [2.75, 3.05) is 6.54 Å². The van der Waals surface area contributed by atoms with Crippen LogP contribution >= 0.6 is 0 Å². The molecular formula is C24H24N2O3. The number of aryl methyl sites for hydroxylation is 2. The lowest BCUT2D eigenvalue weighted by molar-refractivity contribution is 0.0922. The monoisotopic (exact) mass is 388 g/mol. The molecule has 2 aromatic heterocycles. The summed E-state index contributed by atoms with van der Waals surface area (Å²) in [6, 6.07) is 17.6. The van der Waals surface area contributed by atoms with Crippen LogP contribution in [0.3, 0.4) is 0 Å². The number of hydrogen-bond donors (Lipinski definition) is 2. The average molecular weight is 388 g/mol. The standard InChI is InChI=1S/C24H24N2O3/c1-16-7-9-22(17(2)13-16)28-15-19-8-10-23(29-19)24(27)25-12-11-18-14-26-21-6-4-3-5-20(18)21/h3-10,13-14,26H,11-12,15H2,1-2H3,(H,25,27). The van der Waals surface area contributed by atoms with Crippen molar-refractivity contribution in [1.82, 2.24) is 10.3 Å². The van der Waals surface area contributed by atoms with Crippen molar-refractivity contribution in [2.24, 2.45) is 0 Å². The van der Waals surface area contributed by atoms with E-state index in [-0.39, 0.29) is 12.5 Å². The van der Waals surface area contributed by atoms with Crippen LogP contribution in [0.2, 0.25) is 0 Å². The lowest BCUT2D eigenvalue weighted by Gasteiger charge is -2.08. The number of furan rings is 1. The van der Waals surface area contributed by atoms with Crippen molar-refractivity contribution in [2.45, 2.75) is 26.9 Å². The zero-order chi connectivity index (χ0) is 20.2. The summed E-state index contributed by atoms with van der Waals surface area (Å²) < 4.78 is 11.5. The van der Waals surface area contributed by atoms with E-state index in [0.29, 0.717) is 18.1 Å². The second kappa shape index (κ2) is 8.27. The molecule has 0 saturated carbocycles. The van der Waals surface area contributed by atoms with Gasteiger partial charge in [-0.2, -0.15) is 0 Å². The largest absolute Gasteiger partial charge is 0.485 e. The highest BCUT2D eigenvalue weighted by Crippen LogP contribution is 2.21. The molecule has 0 aliphatic carbocycles. The SMILES string of the molecule is Cc1ccc(OCc2ccc(C(=O)NCCc3c[nH]c4ccccc34)o2)c(C)c1. The van der Waals surface area contributed by atoms with Gasteiger partial charge in [0.05, 0.1) is 0 Å². The minimum Gasteiger partial charge on any atom is -0.485 e. The minimum atomic E-state index is -0.220. The van der Waals surface area contributed by atoms with Crippen molar-refractivity contribution in [1.29, 1.82) is 0 Å². The minimum absolute atomic E-state index is 0.220. The molecule has 2 aromatic carbocycles. The van der Waals surface area contributed by atoms with E-state index < -0.39 is 0 Å². The molecule has 2 heterocycles. The van der Waals surface area contributed by atoms with Crippen molar-refractivity contribution in [3.63, 3.8) is 0 Å². The highest BCUT2D eigenvalue weighted by atomic mass is 16.5. The van der Waals surface area contributed by atoms with Gasteiger partial charge in [0.1, 0.15) is 18.1 Å². The van der Waals surface area contributed by atoms with Crippen LogP contribution in [0.25, 0.3) is 10.9 Å².